The number of aryl methyl sites for hydroxylation is 3. The number of nitrogens with one attached hydrogen (secondary N) is 1. The van der Waals surface area contributed by atoms with E-state index in [0.29, 0.717) is 0 Å². The van der Waals surface area contributed by atoms with Gasteiger partial charge in [0.05, 0.1) is 11.7 Å². The molecule has 0 saturated carbocycles. The van der Waals surface area contributed by atoms with Gasteiger partial charge in [-0.1, -0.05) is 0 Å². The third-order valence-corrected chi connectivity index (χ3v) is 2.90. The highest BCUT2D eigenvalue weighted by Crippen LogP contribution is 2.14. The summed E-state index contributed by atoms with van der Waals surface area (Å²) in [5.41, 5.74) is 7.06. The third kappa shape index (κ3) is 1.83. The van der Waals surface area contributed by atoms with E-state index in [0.717, 1.165) is 0 Å². The molecule has 1 N–H and O–H groups in total. The van der Waals surface area contributed by atoms with E-state index >= 15 is 0 Å². The van der Waals surface area contributed by atoms with Gasteiger partial charge >= 0.3 is 0 Å². The van der Waals surface area contributed by atoms with Crippen LogP contribution in [0.3, 0.4) is 0 Å². The standard InChI is InChI=1S/C12H18N4/c1-9-5-6-10(2)16(9)14-11(3)12-7-8-13-15(12)4/h5-8,11,14H,1-4H3. The summed E-state index contributed by atoms with van der Waals surface area (Å²) in [5.74, 6) is 0. The van der Waals surface area contributed by atoms with Crippen molar-refractivity contribution in [1.29, 1.82) is 0 Å². The Balaban J connectivity index is 2.20. The Morgan fingerprint density at radius 2 is 1.81 bits per heavy atom. The summed E-state index contributed by atoms with van der Waals surface area (Å²) in [6.07, 6.45) is 1.82. The lowest BCUT2D eigenvalue weighted by Gasteiger charge is -2.19. The Labute approximate surface area is 95.9 Å². The van der Waals surface area contributed by atoms with Crippen LogP contribution in [-0.4, -0.2) is 14.5 Å². The van der Waals surface area contributed by atoms with E-state index in [-0.39, 0.29) is 6.04 Å². The Morgan fingerprint density at radius 1 is 1.19 bits per heavy atom. The van der Waals surface area contributed by atoms with Gasteiger partial charge in [0.15, 0.2) is 0 Å². The summed E-state index contributed by atoms with van der Waals surface area (Å²) in [4.78, 5) is 0. The molecule has 1 atom stereocenters. The molecule has 2 heterocycles. The van der Waals surface area contributed by atoms with Gasteiger partial charge in [0.1, 0.15) is 0 Å². The van der Waals surface area contributed by atoms with Crippen LogP contribution < -0.4 is 5.43 Å². The van der Waals surface area contributed by atoms with Crippen molar-refractivity contribution < 1.29 is 0 Å². The van der Waals surface area contributed by atoms with Crippen molar-refractivity contribution in [3.63, 3.8) is 0 Å². The van der Waals surface area contributed by atoms with Crippen LogP contribution in [0.25, 0.3) is 0 Å². The minimum Gasteiger partial charge on any atom is -0.317 e. The molecule has 0 aliphatic carbocycles. The van der Waals surface area contributed by atoms with E-state index < -0.39 is 0 Å². The van der Waals surface area contributed by atoms with Crippen LogP contribution in [0.5, 0.6) is 0 Å². The summed E-state index contributed by atoms with van der Waals surface area (Å²) >= 11 is 0. The van der Waals surface area contributed by atoms with Crippen molar-refractivity contribution in [2.45, 2.75) is 26.8 Å². The van der Waals surface area contributed by atoms with E-state index in [1.54, 1.807) is 0 Å². The monoisotopic (exact) mass is 218 g/mol. The molecule has 0 amide bonds. The second kappa shape index (κ2) is 4.04. The summed E-state index contributed by atoms with van der Waals surface area (Å²) < 4.78 is 4.00. The van der Waals surface area contributed by atoms with E-state index in [9.17, 15) is 0 Å². The second-order valence-corrected chi connectivity index (χ2v) is 4.18. The number of aromatic nitrogens is 3. The molecule has 0 saturated heterocycles. The maximum atomic E-state index is 4.18. The summed E-state index contributed by atoms with van der Waals surface area (Å²) in [6.45, 7) is 6.32. The van der Waals surface area contributed by atoms with Crippen LogP contribution >= 0.6 is 0 Å². The molecule has 1 unspecified atom stereocenters. The van der Waals surface area contributed by atoms with Gasteiger partial charge in [0.25, 0.3) is 0 Å². The number of hydrogen-bond acceptors (Lipinski definition) is 2. The van der Waals surface area contributed by atoms with Crippen LogP contribution in [-0.2, 0) is 7.05 Å². The van der Waals surface area contributed by atoms with Gasteiger partial charge in [-0.25, -0.2) is 0 Å². The molecule has 4 nitrogen and oxygen atoms in total. The predicted molar refractivity (Wildman–Crippen MR) is 64.9 cm³/mol. The zero-order valence-electron chi connectivity index (χ0n) is 10.2. The summed E-state index contributed by atoms with van der Waals surface area (Å²) in [5, 5.41) is 4.18. The van der Waals surface area contributed by atoms with E-state index in [2.05, 4.69) is 48.1 Å². The average Bonchev–Trinajstić information content (AvgIpc) is 2.79. The highest BCUT2D eigenvalue weighted by molar-refractivity contribution is 5.18. The van der Waals surface area contributed by atoms with Gasteiger partial charge in [-0.05, 0) is 39.0 Å². The lowest BCUT2D eigenvalue weighted by Crippen LogP contribution is -2.22. The quantitative estimate of drug-likeness (QED) is 0.856. The molecule has 0 spiro atoms. The third-order valence-electron chi connectivity index (χ3n) is 2.90. The minimum absolute atomic E-state index is 0.234. The van der Waals surface area contributed by atoms with Crippen LogP contribution in [0.2, 0.25) is 0 Å². The Bertz CT molecular complexity index is 461. The Hall–Kier alpha value is -1.71. The maximum absolute atomic E-state index is 4.18. The van der Waals surface area contributed by atoms with E-state index in [4.69, 9.17) is 0 Å². The number of hydrogen-bond donors (Lipinski definition) is 1. The zero-order valence-corrected chi connectivity index (χ0v) is 10.2. The molecule has 0 aliphatic rings. The van der Waals surface area contributed by atoms with Crippen molar-refractivity contribution >= 4 is 0 Å². The van der Waals surface area contributed by atoms with Crippen LogP contribution in [0.1, 0.15) is 30.0 Å². The fraction of sp³-hybridized carbons (Fsp3) is 0.417. The molecule has 0 aromatic carbocycles. The van der Waals surface area contributed by atoms with Gasteiger partial charge in [-0.15, -0.1) is 0 Å². The molecule has 2 aromatic heterocycles. The van der Waals surface area contributed by atoms with Crippen LogP contribution in [0.4, 0.5) is 0 Å². The maximum Gasteiger partial charge on any atom is 0.0813 e. The lowest BCUT2D eigenvalue weighted by molar-refractivity contribution is 0.623. The zero-order chi connectivity index (χ0) is 11.7. The molecule has 0 radical (unpaired) electrons. The highest BCUT2D eigenvalue weighted by atomic mass is 15.4. The molecule has 0 fully saturated rings. The fourth-order valence-electron chi connectivity index (χ4n) is 1.94. The number of nitrogens with zero attached hydrogens (tertiary/aromatic N) is 3. The van der Waals surface area contributed by atoms with Gasteiger partial charge in [0, 0.05) is 24.6 Å². The van der Waals surface area contributed by atoms with Crippen molar-refractivity contribution in [2.24, 2.45) is 7.05 Å². The number of rotatable bonds is 3. The Morgan fingerprint density at radius 3 is 2.31 bits per heavy atom. The van der Waals surface area contributed by atoms with Gasteiger partial charge in [-0.2, -0.15) is 5.10 Å². The smallest absolute Gasteiger partial charge is 0.0813 e. The molecule has 0 aliphatic heterocycles. The SMILES string of the molecule is Cc1ccc(C)n1NC(C)c1ccnn1C. The molecule has 16 heavy (non-hydrogen) atoms. The largest absolute Gasteiger partial charge is 0.317 e. The lowest BCUT2D eigenvalue weighted by atomic mass is 10.2. The summed E-state index contributed by atoms with van der Waals surface area (Å²) in [6, 6.07) is 6.49. The molecule has 0 bridgehead atoms. The molecule has 2 rings (SSSR count). The first-order chi connectivity index (χ1) is 7.59. The molecular weight excluding hydrogens is 200 g/mol. The van der Waals surface area contributed by atoms with E-state index in [1.807, 2.05) is 24.0 Å². The van der Waals surface area contributed by atoms with E-state index in [1.165, 1.54) is 17.1 Å². The first-order valence-corrected chi connectivity index (χ1v) is 5.49. The van der Waals surface area contributed by atoms with Gasteiger partial charge in [-0.3, -0.25) is 9.36 Å². The first kappa shape index (κ1) is 10.8. The van der Waals surface area contributed by atoms with Gasteiger partial charge < -0.3 is 5.43 Å². The van der Waals surface area contributed by atoms with Crippen molar-refractivity contribution in [3.05, 3.63) is 41.5 Å². The first-order valence-electron chi connectivity index (χ1n) is 5.49. The van der Waals surface area contributed by atoms with Gasteiger partial charge in [0.2, 0.25) is 0 Å². The summed E-state index contributed by atoms with van der Waals surface area (Å²) in [7, 11) is 1.96. The predicted octanol–water partition coefficient (Wildman–Crippen LogP) is 2.14. The highest BCUT2D eigenvalue weighted by Gasteiger charge is 2.10. The van der Waals surface area contributed by atoms with Crippen LogP contribution in [0, 0.1) is 13.8 Å². The van der Waals surface area contributed by atoms with Crippen molar-refractivity contribution in [1.82, 2.24) is 14.5 Å². The minimum atomic E-state index is 0.234. The average molecular weight is 218 g/mol. The van der Waals surface area contributed by atoms with Crippen LogP contribution in [0.15, 0.2) is 24.4 Å². The molecule has 4 heteroatoms. The fourth-order valence-corrected chi connectivity index (χ4v) is 1.94. The Kier molecular flexibility index (Phi) is 2.73. The second-order valence-electron chi connectivity index (χ2n) is 4.18. The normalized spacial score (nSPS) is 12.8. The topological polar surface area (TPSA) is 34.8 Å². The molecular formula is C12H18N4. The van der Waals surface area contributed by atoms with Crippen molar-refractivity contribution in [3.8, 4) is 0 Å². The molecule has 2 aromatic rings. The van der Waals surface area contributed by atoms with Crippen molar-refractivity contribution in [2.75, 3.05) is 5.43 Å². The molecule has 86 valence electrons.